The Labute approximate surface area is 163 Å². The summed E-state index contributed by atoms with van der Waals surface area (Å²) in [6.45, 7) is 3.50. The summed E-state index contributed by atoms with van der Waals surface area (Å²) in [6, 6.07) is 15.2. The van der Waals surface area contributed by atoms with Crippen molar-refractivity contribution in [2.24, 2.45) is 0 Å². The van der Waals surface area contributed by atoms with Gasteiger partial charge in [-0.05, 0) is 29.3 Å². The maximum Gasteiger partial charge on any atom is 0.348 e. The van der Waals surface area contributed by atoms with E-state index in [0.717, 1.165) is 6.42 Å². The molecule has 1 aliphatic rings. The molecule has 28 heavy (non-hydrogen) atoms. The van der Waals surface area contributed by atoms with Crippen LogP contribution in [0.15, 0.2) is 54.1 Å². The van der Waals surface area contributed by atoms with Gasteiger partial charge in [0.1, 0.15) is 5.57 Å². The number of hydrogen-bond acceptors (Lipinski definition) is 6. The largest absolute Gasteiger partial charge is 0.493 e. The van der Waals surface area contributed by atoms with E-state index in [9.17, 15) is 9.59 Å². The number of benzene rings is 2. The Morgan fingerprint density at radius 2 is 1.64 bits per heavy atom. The summed E-state index contributed by atoms with van der Waals surface area (Å²) in [7, 11) is 1.53. The van der Waals surface area contributed by atoms with Crippen LogP contribution in [0.4, 0.5) is 0 Å². The van der Waals surface area contributed by atoms with Crippen molar-refractivity contribution in [3.8, 4) is 11.5 Å². The zero-order valence-electron chi connectivity index (χ0n) is 16.1. The fraction of sp³-hybridized carbons (Fsp3) is 0.273. The van der Waals surface area contributed by atoms with Crippen molar-refractivity contribution >= 4 is 18.0 Å². The first-order valence-corrected chi connectivity index (χ1v) is 8.91. The van der Waals surface area contributed by atoms with Gasteiger partial charge >= 0.3 is 11.9 Å². The zero-order valence-corrected chi connectivity index (χ0v) is 16.1. The van der Waals surface area contributed by atoms with Crippen LogP contribution in [0, 0.1) is 0 Å². The molecule has 0 radical (unpaired) electrons. The fourth-order valence-electron chi connectivity index (χ4n) is 2.76. The molecule has 0 saturated carbocycles. The Morgan fingerprint density at radius 3 is 2.29 bits per heavy atom. The highest BCUT2D eigenvalue weighted by Gasteiger charge is 2.38. The number of cyclic esters (lactones) is 2. The minimum atomic E-state index is -1.26. The molecule has 1 saturated heterocycles. The van der Waals surface area contributed by atoms with Crippen LogP contribution in [0.1, 0.15) is 25.0 Å². The average molecular weight is 382 g/mol. The third kappa shape index (κ3) is 4.71. The van der Waals surface area contributed by atoms with Gasteiger partial charge < -0.3 is 18.9 Å². The summed E-state index contributed by atoms with van der Waals surface area (Å²) < 4.78 is 21.4. The summed E-state index contributed by atoms with van der Waals surface area (Å²) in [5, 5.41) is 0. The Bertz CT molecular complexity index is 876. The molecule has 0 aromatic heterocycles. The van der Waals surface area contributed by atoms with Gasteiger partial charge in [0.2, 0.25) is 0 Å². The monoisotopic (exact) mass is 382 g/mol. The molecule has 6 heteroatoms. The summed E-state index contributed by atoms with van der Waals surface area (Å²) in [4.78, 5) is 24.1. The predicted octanol–water partition coefficient (Wildman–Crippen LogP) is 3.54. The van der Waals surface area contributed by atoms with Gasteiger partial charge in [-0.1, -0.05) is 36.4 Å². The van der Waals surface area contributed by atoms with Crippen molar-refractivity contribution in [2.45, 2.75) is 26.1 Å². The fourth-order valence-corrected chi connectivity index (χ4v) is 2.76. The first-order chi connectivity index (χ1) is 13.4. The molecule has 6 nitrogen and oxygen atoms in total. The predicted molar refractivity (Wildman–Crippen MR) is 103 cm³/mol. The number of hydrogen-bond donors (Lipinski definition) is 0. The van der Waals surface area contributed by atoms with Crippen LogP contribution in [0.2, 0.25) is 0 Å². The summed E-state index contributed by atoms with van der Waals surface area (Å²) >= 11 is 0. The molecule has 146 valence electrons. The topological polar surface area (TPSA) is 71.1 Å². The van der Waals surface area contributed by atoms with E-state index in [1.807, 2.05) is 30.3 Å². The molecule has 1 aliphatic heterocycles. The van der Waals surface area contributed by atoms with E-state index in [1.165, 1.54) is 32.6 Å². The third-order valence-corrected chi connectivity index (χ3v) is 4.11. The lowest BCUT2D eigenvalue weighted by molar-refractivity contribution is -0.222. The maximum atomic E-state index is 12.1. The molecule has 2 aromatic carbocycles. The molecule has 0 aliphatic carbocycles. The maximum absolute atomic E-state index is 12.1. The van der Waals surface area contributed by atoms with Crippen molar-refractivity contribution < 1.29 is 28.5 Å². The molecular weight excluding hydrogens is 360 g/mol. The van der Waals surface area contributed by atoms with Crippen molar-refractivity contribution in [1.82, 2.24) is 0 Å². The average Bonchev–Trinajstić information content (AvgIpc) is 2.65. The Hall–Kier alpha value is -3.28. The van der Waals surface area contributed by atoms with Gasteiger partial charge in [-0.2, -0.15) is 0 Å². The number of rotatable bonds is 6. The molecular formula is C22H22O6. The van der Waals surface area contributed by atoms with E-state index < -0.39 is 17.7 Å². The van der Waals surface area contributed by atoms with E-state index in [4.69, 9.17) is 18.9 Å². The molecule has 2 aromatic rings. The number of carbonyl (C=O) groups is 2. The Balaban J connectivity index is 1.72. The molecule has 1 fully saturated rings. The second-order valence-electron chi connectivity index (χ2n) is 6.73. The number of ether oxygens (including phenoxy) is 4. The second kappa shape index (κ2) is 8.17. The molecule has 0 atom stereocenters. The SMILES string of the molecule is COc1cc(C=C2C(=O)OC(C)(C)OC2=O)ccc1OCCc1ccccc1. The molecule has 0 bridgehead atoms. The molecule has 0 amide bonds. The van der Waals surface area contributed by atoms with E-state index in [1.54, 1.807) is 18.2 Å². The molecule has 1 heterocycles. The van der Waals surface area contributed by atoms with Gasteiger partial charge in [0.25, 0.3) is 5.79 Å². The lowest BCUT2D eigenvalue weighted by atomic mass is 10.1. The van der Waals surface area contributed by atoms with Crippen molar-refractivity contribution in [2.75, 3.05) is 13.7 Å². The van der Waals surface area contributed by atoms with Crippen molar-refractivity contribution in [1.29, 1.82) is 0 Å². The number of esters is 2. The lowest BCUT2D eigenvalue weighted by Crippen LogP contribution is -2.41. The minimum Gasteiger partial charge on any atom is -0.493 e. The highest BCUT2D eigenvalue weighted by molar-refractivity contribution is 6.18. The van der Waals surface area contributed by atoms with Crippen LogP contribution in [-0.2, 0) is 25.5 Å². The van der Waals surface area contributed by atoms with Gasteiger partial charge in [0.15, 0.2) is 11.5 Å². The van der Waals surface area contributed by atoms with Crippen LogP contribution < -0.4 is 9.47 Å². The molecule has 0 N–H and O–H groups in total. The van der Waals surface area contributed by atoms with E-state index >= 15 is 0 Å². The molecule has 0 unspecified atom stereocenters. The quantitative estimate of drug-likeness (QED) is 0.432. The Kier molecular flexibility index (Phi) is 5.68. The van der Waals surface area contributed by atoms with Crippen LogP contribution in [0.5, 0.6) is 11.5 Å². The normalized spacial score (nSPS) is 15.5. The molecule has 3 rings (SSSR count). The van der Waals surface area contributed by atoms with Gasteiger partial charge in [0, 0.05) is 20.3 Å². The van der Waals surface area contributed by atoms with Crippen LogP contribution >= 0.6 is 0 Å². The van der Waals surface area contributed by atoms with Gasteiger partial charge in [-0.25, -0.2) is 9.59 Å². The van der Waals surface area contributed by atoms with Gasteiger partial charge in [-0.3, -0.25) is 0 Å². The first kappa shape index (κ1) is 19.5. The highest BCUT2D eigenvalue weighted by Crippen LogP contribution is 2.30. The zero-order chi connectivity index (χ0) is 20.1. The summed E-state index contributed by atoms with van der Waals surface area (Å²) in [5.41, 5.74) is 1.61. The van der Waals surface area contributed by atoms with Crippen molar-refractivity contribution in [3.05, 3.63) is 65.2 Å². The van der Waals surface area contributed by atoms with Gasteiger partial charge in [0.05, 0.1) is 13.7 Å². The van der Waals surface area contributed by atoms with Crippen LogP contribution in [0.25, 0.3) is 6.08 Å². The van der Waals surface area contributed by atoms with Crippen LogP contribution in [-0.4, -0.2) is 31.4 Å². The lowest BCUT2D eigenvalue weighted by Gasteiger charge is -2.29. The first-order valence-electron chi connectivity index (χ1n) is 8.91. The summed E-state index contributed by atoms with van der Waals surface area (Å²) in [6.07, 6.45) is 2.18. The van der Waals surface area contributed by atoms with Gasteiger partial charge in [-0.15, -0.1) is 0 Å². The van der Waals surface area contributed by atoms with E-state index in [2.05, 4.69) is 0 Å². The Morgan fingerprint density at radius 1 is 0.964 bits per heavy atom. The second-order valence-corrected chi connectivity index (χ2v) is 6.73. The van der Waals surface area contributed by atoms with E-state index in [-0.39, 0.29) is 5.57 Å². The minimum absolute atomic E-state index is 0.167. The summed E-state index contributed by atoms with van der Waals surface area (Å²) in [5.74, 6) is -1.62. The standard InChI is InChI=1S/C22H22O6/c1-22(2)27-20(23)17(21(24)28-22)13-16-9-10-18(19(14-16)25-3)26-12-11-15-7-5-4-6-8-15/h4-10,13-14H,11-12H2,1-3H3. The van der Waals surface area contributed by atoms with E-state index in [0.29, 0.717) is 23.7 Å². The van der Waals surface area contributed by atoms with Crippen LogP contribution in [0.3, 0.4) is 0 Å². The number of methoxy groups -OCH3 is 1. The third-order valence-electron chi connectivity index (χ3n) is 4.11. The highest BCUT2D eigenvalue weighted by atomic mass is 16.7. The smallest absolute Gasteiger partial charge is 0.348 e. The molecule has 0 spiro atoms. The number of carbonyl (C=O) groups excluding carboxylic acids is 2. The van der Waals surface area contributed by atoms with Crippen molar-refractivity contribution in [3.63, 3.8) is 0 Å².